The number of rotatable bonds is 2. The van der Waals surface area contributed by atoms with Gasteiger partial charge in [-0.25, -0.2) is 8.42 Å². The monoisotopic (exact) mass is 323 g/mol. The Morgan fingerprint density at radius 3 is 2.30 bits per heavy atom. The zero-order chi connectivity index (χ0) is 14.8. The average molecular weight is 323 g/mol. The van der Waals surface area contributed by atoms with E-state index in [1.165, 1.54) is 11.8 Å². The number of alkyl halides is 3. The molecule has 108 valence electrons. The van der Waals surface area contributed by atoms with Crippen molar-refractivity contribution in [2.45, 2.75) is 10.4 Å². The molecule has 0 spiro atoms. The van der Waals surface area contributed by atoms with E-state index >= 15 is 0 Å². The van der Waals surface area contributed by atoms with Crippen LogP contribution < -0.4 is 0 Å². The second-order valence-electron chi connectivity index (χ2n) is 3.66. The summed E-state index contributed by atoms with van der Waals surface area (Å²) in [7, 11) is -5.32. The van der Waals surface area contributed by atoms with E-state index in [1.807, 2.05) is 0 Å². The Labute approximate surface area is 116 Å². The van der Waals surface area contributed by atoms with Crippen LogP contribution in [0.2, 0.25) is 0 Å². The summed E-state index contributed by atoms with van der Waals surface area (Å²) < 4.78 is 59.2. The van der Waals surface area contributed by atoms with Crippen molar-refractivity contribution in [1.29, 1.82) is 0 Å². The molecule has 1 aromatic carbocycles. The third-order valence-electron chi connectivity index (χ3n) is 2.27. The number of hydrogen-bond acceptors (Lipinski definition) is 6. The molecule has 0 aromatic heterocycles. The van der Waals surface area contributed by atoms with Crippen molar-refractivity contribution in [1.82, 2.24) is 0 Å². The van der Waals surface area contributed by atoms with Gasteiger partial charge in [0.1, 0.15) is 0 Å². The van der Waals surface area contributed by atoms with Gasteiger partial charge in [0.05, 0.1) is 17.1 Å². The van der Waals surface area contributed by atoms with Gasteiger partial charge in [-0.2, -0.15) is 13.2 Å². The van der Waals surface area contributed by atoms with Gasteiger partial charge in [0.2, 0.25) is 5.17 Å². The van der Waals surface area contributed by atoms with Crippen LogP contribution in [-0.4, -0.2) is 31.4 Å². The summed E-state index contributed by atoms with van der Waals surface area (Å²) >= 11 is 1.42. The highest BCUT2D eigenvalue weighted by atomic mass is 32.2. The summed E-state index contributed by atoms with van der Waals surface area (Å²) in [6.45, 7) is 0.655. The highest BCUT2D eigenvalue weighted by Gasteiger charge is 2.46. The summed E-state index contributed by atoms with van der Waals surface area (Å²) in [5, 5.41) is 8.07. The van der Waals surface area contributed by atoms with Crippen molar-refractivity contribution in [2.24, 2.45) is 15.2 Å². The van der Waals surface area contributed by atoms with Crippen LogP contribution in [0.5, 0.6) is 0 Å². The molecule has 0 saturated heterocycles. The smallest absolute Gasteiger partial charge is 0.258 e. The Balaban J connectivity index is 2.19. The fraction of sp³-hybridized carbons (Fsp3) is 0.300. The number of hydrogen-bond donors (Lipinski definition) is 0. The van der Waals surface area contributed by atoms with E-state index in [4.69, 9.17) is 0 Å². The van der Waals surface area contributed by atoms with Crippen LogP contribution in [-0.2, 0) is 9.84 Å². The second-order valence-corrected chi connectivity index (χ2v) is 6.66. The third-order valence-corrected chi connectivity index (χ3v) is 4.63. The van der Waals surface area contributed by atoms with Crippen LogP contribution in [0.1, 0.15) is 0 Å². The molecule has 0 atom stereocenters. The fourth-order valence-corrected chi connectivity index (χ4v) is 2.72. The number of azo groups is 1. The lowest BCUT2D eigenvalue weighted by Crippen LogP contribution is -2.23. The number of amidine groups is 1. The molecule has 1 aromatic rings. The van der Waals surface area contributed by atoms with E-state index in [1.54, 1.807) is 0 Å². The van der Waals surface area contributed by atoms with E-state index in [0.29, 0.717) is 11.7 Å². The second kappa shape index (κ2) is 5.52. The van der Waals surface area contributed by atoms with Crippen molar-refractivity contribution in [3.8, 4) is 0 Å². The number of sulfone groups is 1. The van der Waals surface area contributed by atoms with Crippen molar-refractivity contribution in [3.05, 3.63) is 24.3 Å². The lowest BCUT2D eigenvalue weighted by molar-refractivity contribution is -0.0436. The van der Waals surface area contributed by atoms with Gasteiger partial charge in [0.15, 0.2) is 0 Å². The zero-order valence-corrected chi connectivity index (χ0v) is 11.5. The first-order valence-corrected chi connectivity index (χ1v) is 7.78. The molecule has 0 N–H and O–H groups in total. The van der Waals surface area contributed by atoms with Gasteiger partial charge in [-0.3, -0.25) is 4.99 Å². The largest absolute Gasteiger partial charge is 0.501 e. The first kappa shape index (κ1) is 15.0. The highest BCUT2D eigenvalue weighted by molar-refractivity contribution is 8.14. The van der Waals surface area contributed by atoms with Crippen molar-refractivity contribution in [3.63, 3.8) is 0 Å². The number of aliphatic imine (C=N–C) groups is 1. The summed E-state index contributed by atoms with van der Waals surface area (Å²) in [4.78, 5) is 3.19. The summed E-state index contributed by atoms with van der Waals surface area (Å²) in [5.41, 5.74) is -5.06. The van der Waals surface area contributed by atoms with Gasteiger partial charge in [-0.1, -0.05) is 11.8 Å². The van der Waals surface area contributed by atoms with Gasteiger partial charge in [-0.15, -0.1) is 10.2 Å². The predicted molar refractivity (Wildman–Crippen MR) is 69.0 cm³/mol. The number of nitrogens with zero attached hydrogens (tertiary/aromatic N) is 3. The summed E-state index contributed by atoms with van der Waals surface area (Å²) in [5.74, 6) is 0.817. The Kier molecular flexibility index (Phi) is 4.14. The molecular formula is C10H8F3N3O2S2. The fourth-order valence-electron chi connectivity index (χ4n) is 1.31. The maximum absolute atomic E-state index is 12.3. The molecule has 0 bridgehead atoms. The van der Waals surface area contributed by atoms with Gasteiger partial charge in [-0.05, 0) is 24.3 Å². The van der Waals surface area contributed by atoms with Crippen LogP contribution >= 0.6 is 11.8 Å². The van der Waals surface area contributed by atoms with E-state index in [9.17, 15) is 21.6 Å². The van der Waals surface area contributed by atoms with Gasteiger partial charge < -0.3 is 0 Å². The van der Waals surface area contributed by atoms with Crippen molar-refractivity contribution >= 4 is 32.5 Å². The molecule has 1 heterocycles. The maximum Gasteiger partial charge on any atom is 0.501 e. The molecule has 0 amide bonds. The minimum Gasteiger partial charge on any atom is -0.258 e. The van der Waals surface area contributed by atoms with Crippen molar-refractivity contribution in [2.75, 3.05) is 12.3 Å². The quantitative estimate of drug-likeness (QED) is 0.785. The summed E-state index contributed by atoms with van der Waals surface area (Å²) in [6.07, 6.45) is 0. The molecule has 0 unspecified atom stereocenters. The first-order valence-electron chi connectivity index (χ1n) is 5.31. The average Bonchev–Trinajstić information content (AvgIpc) is 2.88. The molecular weight excluding hydrogens is 315 g/mol. The highest BCUT2D eigenvalue weighted by Crippen LogP contribution is 2.31. The maximum atomic E-state index is 12.3. The number of thioether (sulfide) groups is 1. The molecule has 2 rings (SSSR count). The van der Waals surface area contributed by atoms with Crippen LogP contribution in [0.25, 0.3) is 0 Å². The van der Waals surface area contributed by atoms with Gasteiger partial charge in [0.25, 0.3) is 9.84 Å². The SMILES string of the molecule is O=S(=O)(c1ccc(N=NC2=NCCS2)cc1)C(F)(F)F. The van der Waals surface area contributed by atoms with E-state index in [-0.39, 0.29) is 5.69 Å². The minimum atomic E-state index is -5.32. The van der Waals surface area contributed by atoms with Crippen molar-refractivity contribution < 1.29 is 21.6 Å². The van der Waals surface area contributed by atoms with Crippen LogP contribution in [0.4, 0.5) is 18.9 Å². The predicted octanol–water partition coefficient (Wildman–Crippen LogP) is 3.17. The molecule has 1 aliphatic rings. The number of benzene rings is 1. The Morgan fingerprint density at radius 1 is 1.15 bits per heavy atom. The van der Waals surface area contributed by atoms with E-state index < -0.39 is 20.2 Å². The molecule has 10 heteroatoms. The Bertz CT molecular complexity index is 651. The van der Waals surface area contributed by atoms with Gasteiger partial charge >= 0.3 is 5.51 Å². The lowest BCUT2D eigenvalue weighted by atomic mass is 10.3. The summed E-state index contributed by atoms with van der Waals surface area (Å²) in [6, 6.07) is 4.01. The Hall–Kier alpha value is -1.42. The normalized spacial score (nSPS) is 16.6. The molecule has 20 heavy (non-hydrogen) atoms. The van der Waals surface area contributed by atoms with Crippen LogP contribution in [0, 0.1) is 0 Å². The standard InChI is InChI=1S/C10H8F3N3O2S2/c11-10(12,13)20(17,18)8-3-1-7(2-4-8)15-16-9-14-5-6-19-9/h1-4H,5-6H2. The van der Waals surface area contributed by atoms with Crippen LogP contribution in [0.3, 0.4) is 0 Å². The Morgan fingerprint density at radius 2 is 1.80 bits per heavy atom. The number of halogens is 3. The lowest BCUT2D eigenvalue weighted by Gasteiger charge is -2.07. The molecule has 5 nitrogen and oxygen atoms in total. The van der Waals surface area contributed by atoms with E-state index in [0.717, 1.165) is 30.0 Å². The van der Waals surface area contributed by atoms with E-state index in [2.05, 4.69) is 15.2 Å². The minimum absolute atomic E-state index is 0.251. The molecule has 1 aliphatic heterocycles. The topological polar surface area (TPSA) is 71.2 Å². The third kappa shape index (κ3) is 3.18. The zero-order valence-electron chi connectivity index (χ0n) is 9.83. The first-order chi connectivity index (χ1) is 9.30. The molecule has 0 aliphatic carbocycles. The molecule has 0 fully saturated rings. The molecule has 0 radical (unpaired) electrons. The van der Waals surface area contributed by atoms with Crippen LogP contribution in [0.15, 0.2) is 44.4 Å². The van der Waals surface area contributed by atoms with Gasteiger partial charge in [0, 0.05) is 5.75 Å². The molecule has 0 saturated carbocycles.